The Kier molecular flexibility index (Phi) is 28.5. The summed E-state index contributed by atoms with van der Waals surface area (Å²) in [5, 5.41) is 15.3. The van der Waals surface area contributed by atoms with Crippen LogP contribution in [-0.4, -0.2) is 138 Å². The molecule has 5 aliphatic heterocycles. The van der Waals surface area contributed by atoms with Crippen molar-refractivity contribution in [2.75, 3.05) is 86.6 Å². The van der Waals surface area contributed by atoms with Crippen molar-refractivity contribution in [1.82, 2.24) is 50.3 Å². The van der Waals surface area contributed by atoms with Crippen molar-refractivity contribution in [1.29, 1.82) is 0 Å². The highest BCUT2D eigenvalue weighted by Gasteiger charge is 2.39. The van der Waals surface area contributed by atoms with Crippen molar-refractivity contribution in [3.05, 3.63) is 371 Å². The van der Waals surface area contributed by atoms with Crippen molar-refractivity contribution in [3.8, 4) is 0 Å². The summed E-state index contributed by atoms with van der Waals surface area (Å²) >= 11 is 35.5. The molecular weight excluding hydrogens is 1880 g/mol. The van der Waals surface area contributed by atoms with E-state index in [1.807, 2.05) is 88.7 Å². The quantitative estimate of drug-likeness (QED) is 0.0431. The molecule has 16 aromatic rings. The maximum atomic E-state index is 13.5. The monoisotopic (exact) mass is 1970 g/mol. The number of nitrogens with zero attached hydrogens (tertiary/aromatic N) is 3. The highest BCUT2D eigenvalue weighted by atomic mass is 79.9. The van der Waals surface area contributed by atoms with Crippen LogP contribution in [-0.2, 0) is 67.2 Å². The number of hydrogen-bond acceptors (Lipinski definition) is 10. The molecule has 6 aromatic heterocycles. The predicted molar refractivity (Wildman–Crippen MR) is 513 cm³/mol. The lowest BCUT2D eigenvalue weighted by Gasteiger charge is -2.36. The lowest BCUT2D eigenvalue weighted by molar-refractivity contribution is -0.139. The number of benzene rings is 10. The second kappa shape index (κ2) is 40.5. The number of ether oxygens (including phenoxy) is 4. The summed E-state index contributed by atoms with van der Waals surface area (Å²) in [5.74, 6) is 0.533. The first-order chi connectivity index (χ1) is 61.8. The fraction of sp³-hybridized carbons (Fsp3) is 0.248. The molecule has 10 aromatic carbocycles. The number of carbonyl (C=O) groups is 2. The van der Waals surface area contributed by atoms with E-state index in [2.05, 4.69) is 204 Å². The SMILES string of the molecule is COCCOCC(=O)N1CCc2c([nH]c3ccc(Br)cc23)C1c1ccc(C)cc1.COCCOCC(=O)N1CCc2c([nH]c3ccc(Br)cc23)C1c1cccc(Cl)c1.Clc1ccc2[nH]c3c(c2c1)CCN(Cc1ccccc1)C3c1ccco1.Fc1ccc2[nH]c3c(c2c1)CCNC3c1ccc(Br)cc1.Fc1ccc2[nH]c3c(c2c1)CCNC3c1ccc(Cl)cc1Cl. The summed E-state index contributed by atoms with van der Waals surface area (Å²) in [6, 6.07) is 72.8. The molecule has 0 saturated heterocycles. The molecule has 0 bridgehead atoms. The van der Waals surface area contributed by atoms with E-state index in [0.717, 1.165) is 166 Å². The Bertz CT molecular complexity index is 6610. The minimum atomic E-state index is -0.234. The first-order valence-electron chi connectivity index (χ1n) is 42.3. The first kappa shape index (κ1) is 89.3. The summed E-state index contributed by atoms with van der Waals surface area (Å²) in [4.78, 5) is 50.0. The van der Waals surface area contributed by atoms with Gasteiger partial charge in [0.05, 0.1) is 56.9 Å². The molecule has 26 heteroatoms. The van der Waals surface area contributed by atoms with Gasteiger partial charge in [0.2, 0.25) is 11.8 Å². The zero-order valence-corrected chi connectivity index (χ0v) is 77.7. The number of aryl methyl sites for hydroxylation is 1. The Morgan fingerprint density at radius 2 is 0.890 bits per heavy atom. The molecule has 0 saturated carbocycles. The van der Waals surface area contributed by atoms with Crippen LogP contribution in [0.5, 0.6) is 0 Å². The van der Waals surface area contributed by atoms with Gasteiger partial charge in [-0.05, 0) is 234 Å². The second-order valence-electron chi connectivity index (χ2n) is 32.2. The molecule has 127 heavy (non-hydrogen) atoms. The molecule has 17 nitrogen and oxygen atoms in total. The maximum Gasteiger partial charge on any atom is 0.249 e. The van der Waals surface area contributed by atoms with Gasteiger partial charge in [-0.3, -0.25) is 14.5 Å². The van der Waals surface area contributed by atoms with Crippen LogP contribution in [0.2, 0.25) is 20.1 Å². The second-order valence-corrected chi connectivity index (χ2v) is 36.7. The topological polar surface area (TPSA) is 197 Å². The molecule has 652 valence electrons. The fourth-order valence-electron chi connectivity index (χ4n) is 18.4. The van der Waals surface area contributed by atoms with E-state index in [-0.39, 0.29) is 66.9 Å². The number of aromatic amines is 5. The molecule has 5 atom stereocenters. The largest absolute Gasteiger partial charge is 0.467 e. The summed E-state index contributed by atoms with van der Waals surface area (Å²) in [5.41, 5.74) is 23.9. The summed E-state index contributed by atoms with van der Waals surface area (Å²) in [6.45, 7) is 8.79. The van der Waals surface area contributed by atoms with E-state index in [4.69, 9.17) is 69.8 Å². The zero-order chi connectivity index (χ0) is 87.9. The minimum Gasteiger partial charge on any atom is -0.467 e. The molecule has 5 aliphatic rings. The van der Waals surface area contributed by atoms with E-state index < -0.39 is 0 Å². The Hall–Kier alpha value is -9.70. The van der Waals surface area contributed by atoms with Gasteiger partial charge in [0.15, 0.2) is 0 Å². The molecule has 2 amide bonds. The summed E-state index contributed by atoms with van der Waals surface area (Å²) in [6.07, 6.45) is 6.14. The van der Waals surface area contributed by atoms with Crippen LogP contribution < -0.4 is 10.6 Å². The van der Waals surface area contributed by atoms with Gasteiger partial charge in [-0.25, -0.2) is 8.78 Å². The Labute approximate surface area is 779 Å². The Morgan fingerprint density at radius 1 is 0.425 bits per heavy atom. The van der Waals surface area contributed by atoms with E-state index in [9.17, 15) is 18.4 Å². The van der Waals surface area contributed by atoms with Gasteiger partial charge in [0.1, 0.15) is 36.7 Å². The highest BCUT2D eigenvalue weighted by molar-refractivity contribution is 9.11. The molecule has 0 radical (unpaired) electrons. The number of nitrogens with one attached hydrogen (secondary N) is 7. The summed E-state index contributed by atoms with van der Waals surface area (Å²) in [7, 11) is 3.24. The van der Waals surface area contributed by atoms with Crippen LogP contribution in [0.25, 0.3) is 54.5 Å². The van der Waals surface area contributed by atoms with Crippen molar-refractivity contribution in [2.45, 2.75) is 75.8 Å². The Balaban J connectivity index is 0.000000112. The highest BCUT2D eigenvalue weighted by Crippen LogP contribution is 2.45. The normalized spacial score (nSPS) is 17.0. The fourth-order valence-corrected chi connectivity index (χ4v) is 20.2. The van der Waals surface area contributed by atoms with Crippen LogP contribution >= 0.6 is 94.2 Å². The number of rotatable bonds is 17. The van der Waals surface area contributed by atoms with Crippen molar-refractivity contribution < 1.29 is 41.7 Å². The molecular formula is C101H93Br3Cl4F2N10O7. The van der Waals surface area contributed by atoms with Gasteiger partial charge in [0, 0.05) is 170 Å². The molecule has 11 heterocycles. The van der Waals surface area contributed by atoms with Gasteiger partial charge in [0.25, 0.3) is 0 Å². The maximum absolute atomic E-state index is 13.5. The zero-order valence-electron chi connectivity index (χ0n) is 69.9. The molecule has 7 N–H and O–H groups in total. The number of fused-ring (bicyclic) bond motifs is 15. The van der Waals surface area contributed by atoms with Crippen LogP contribution in [0, 0.1) is 18.6 Å². The number of carbonyl (C=O) groups excluding carboxylic acids is 2. The third kappa shape index (κ3) is 19.9. The van der Waals surface area contributed by atoms with Crippen molar-refractivity contribution >= 4 is 161 Å². The van der Waals surface area contributed by atoms with E-state index in [1.165, 1.54) is 72.9 Å². The van der Waals surface area contributed by atoms with E-state index in [0.29, 0.717) is 54.6 Å². The lowest BCUT2D eigenvalue weighted by Crippen LogP contribution is -2.42. The standard InChI is InChI=1S/C23H25BrN2O3.C22H22BrClN2O3.C22H19ClN2O.C17H14BrFN2.C17H13Cl2FN2/c1-15-3-5-16(6-4-15)23-22-18(19-13-17(24)7-8-20(19)25-22)9-10-26(23)21(27)14-29-12-11-28-2;1-28-9-10-29-13-20(27)26-8-7-17-18-12-15(23)5-6-19(18)25-21(17)22(26)14-3-2-4-16(24)11-14;23-16-8-9-19-18(13-16)17-10-11-25(14-15-5-2-1-3-6-15)22(21(17)24-19)20-7-4-12-26-20;18-11-3-1-10(2-4-11)16-17-13(7-8-20-16)14-9-12(19)5-6-15(14)21-17;18-9-1-3-12(14(19)7-9)16-17-11(5-6-21-16)13-8-10(20)2-4-15(13)22-17/h3-8,13,23,25H,9-12,14H2,1-2H3;2-6,11-12,22,25H,7-10,13H2,1H3;1-9,12-13,22,24H,10-11,14H2;1-6,9,16,20-21H,7-8H2;1-4,7-8,16,21-22H,5-6H2. The summed E-state index contributed by atoms with van der Waals surface area (Å²) < 4.78 is 57.1. The first-order valence-corrected chi connectivity index (χ1v) is 46.2. The smallest absolute Gasteiger partial charge is 0.249 e. The van der Waals surface area contributed by atoms with Crippen molar-refractivity contribution in [3.63, 3.8) is 0 Å². The molecule has 21 rings (SSSR count). The van der Waals surface area contributed by atoms with Crippen LogP contribution in [0.1, 0.15) is 126 Å². The van der Waals surface area contributed by atoms with Crippen LogP contribution in [0.15, 0.2) is 249 Å². The number of hydrogen-bond donors (Lipinski definition) is 7. The number of halogens is 9. The van der Waals surface area contributed by atoms with Gasteiger partial charge < -0.3 is 68.7 Å². The number of methoxy groups -OCH3 is 2. The number of furan rings is 1. The average Bonchev–Trinajstić information content (AvgIpc) is 1.60. The van der Waals surface area contributed by atoms with Crippen LogP contribution in [0.4, 0.5) is 8.78 Å². The third-order valence-corrected chi connectivity index (χ3v) is 26.8. The number of amides is 2. The van der Waals surface area contributed by atoms with Gasteiger partial charge in [-0.1, -0.05) is 185 Å². The van der Waals surface area contributed by atoms with Crippen LogP contribution in [0.3, 0.4) is 0 Å². The average molecular weight is 1980 g/mol. The van der Waals surface area contributed by atoms with Gasteiger partial charge in [-0.2, -0.15) is 0 Å². The molecule has 5 unspecified atom stereocenters. The minimum absolute atomic E-state index is 0.00263. The number of H-pyrrole nitrogens is 5. The van der Waals surface area contributed by atoms with Gasteiger partial charge >= 0.3 is 0 Å². The van der Waals surface area contributed by atoms with E-state index >= 15 is 0 Å². The van der Waals surface area contributed by atoms with Gasteiger partial charge in [-0.15, -0.1) is 0 Å². The van der Waals surface area contributed by atoms with Crippen molar-refractivity contribution in [2.24, 2.45) is 0 Å². The molecule has 0 aliphatic carbocycles. The number of aromatic nitrogens is 5. The predicted octanol–water partition coefficient (Wildman–Crippen LogP) is 23.8. The lowest BCUT2D eigenvalue weighted by atomic mass is 9.92. The Morgan fingerprint density at radius 3 is 1.44 bits per heavy atom. The van der Waals surface area contributed by atoms with E-state index in [1.54, 1.807) is 44.7 Å². The molecule has 0 spiro atoms. The molecule has 0 fully saturated rings. The third-order valence-electron chi connectivity index (χ3n) is 24.2.